The van der Waals surface area contributed by atoms with Gasteiger partial charge >= 0.3 is 0 Å². The predicted octanol–water partition coefficient (Wildman–Crippen LogP) is 3.26. The molecule has 2 aromatic rings. The summed E-state index contributed by atoms with van der Waals surface area (Å²) in [6.45, 7) is 2.08. The number of nitrogens with zero attached hydrogens (tertiary/aromatic N) is 1. The van der Waals surface area contributed by atoms with Crippen LogP contribution in [0.5, 0.6) is 0 Å². The van der Waals surface area contributed by atoms with Crippen LogP contribution in [0.3, 0.4) is 0 Å². The molecule has 1 saturated heterocycles. The van der Waals surface area contributed by atoms with Crippen molar-refractivity contribution in [2.24, 2.45) is 5.92 Å². The highest BCUT2D eigenvalue weighted by Crippen LogP contribution is 2.33. The summed E-state index contributed by atoms with van der Waals surface area (Å²) in [5.74, 6) is 0.868. The van der Waals surface area contributed by atoms with Crippen molar-refractivity contribution in [3.8, 4) is 0 Å². The van der Waals surface area contributed by atoms with Crippen molar-refractivity contribution in [2.75, 3.05) is 0 Å². The Morgan fingerprint density at radius 1 is 1.38 bits per heavy atom. The van der Waals surface area contributed by atoms with Crippen LogP contribution in [0.25, 0.3) is 10.2 Å². The molecule has 1 aliphatic heterocycles. The zero-order chi connectivity index (χ0) is 16.5. The molecule has 2 aliphatic rings. The van der Waals surface area contributed by atoms with E-state index >= 15 is 0 Å². The van der Waals surface area contributed by atoms with Crippen LogP contribution in [0.1, 0.15) is 44.0 Å². The SMILES string of the molecule is CC(Cc1nc2ccccc2s1)NC(=O)C1CC2CCCCC2N1. The fourth-order valence-corrected chi connectivity index (χ4v) is 5.28. The molecule has 2 heterocycles. The van der Waals surface area contributed by atoms with Gasteiger partial charge in [-0.3, -0.25) is 4.79 Å². The molecule has 4 nitrogen and oxygen atoms in total. The molecule has 0 spiro atoms. The van der Waals surface area contributed by atoms with E-state index in [9.17, 15) is 4.79 Å². The summed E-state index contributed by atoms with van der Waals surface area (Å²) in [4.78, 5) is 17.2. The second kappa shape index (κ2) is 6.81. The van der Waals surface area contributed by atoms with E-state index in [-0.39, 0.29) is 18.0 Å². The number of hydrogen-bond donors (Lipinski definition) is 2. The molecule has 0 bridgehead atoms. The van der Waals surface area contributed by atoms with Crippen LogP contribution >= 0.6 is 11.3 Å². The number of thiazole rings is 1. The molecule has 24 heavy (non-hydrogen) atoms. The summed E-state index contributed by atoms with van der Waals surface area (Å²) in [5, 5.41) is 7.84. The lowest BCUT2D eigenvalue weighted by Crippen LogP contribution is -2.46. The van der Waals surface area contributed by atoms with Crippen molar-refractivity contribution in [3.05, 3.63) is 29.3 Å². The molecule has 1 aromatic heterocycles. The minimum atomic E-state index is -0.00378. The second-order valence-corrected chi connectivity index (χ2v) is 8.41. The molecular formula is C19H25N3OS. The molecular weight excluding hydrogens is 318 g/mol. The number of aromatic nitrogens is 1. The number of rotatable bonds is 4. The fraction of sp³-hybridized carbons (Fsp3) is 0.579. The summed E-state index contributed by atoms with van der Waals surface area (Å²) >= 11 is 1.72. The number of carbonyl (C=O) groups excluding carboxylic acids is 1. The highest BCUT2D eigenvalue weighted by molar-refractivity contribution is 7.18. The lowest BCUT2D eigenvalue weighted by atomic mass is 9.85. The van der Waals surface area contributed by atoms with Crippen LogP contribution in [-0.4, -0.2) is 29.0 Å². The zero-order valence-electron chi connectivity index (χ0n) is 14.1. The quantitative estimate of drug-likeness (QED) is 0.896. The average Bonchev–Trinajstić information content (AvgIpc) is 3.17. The van der Waals surface area contributed by atoms with E-state index in [1.807, 2.05) is 18.2 Å². The summed E-state index contributed by atoms with van der Waals surface area (Å²) in [6.07, 6.45) is 6.94. The van der Waals surface area contributed by atoms with Crippen molar-refractivity contribution in [1.29, 1.82) is 0 Å². The third-order valence-corrected chi connectivity index (χ3v) is 6.45. The molecule has 2 N–H and O–H groups in total. The minimum Gasteiger partial charge on any atom is -0.352 e. The topological polar surface area (TPSA) is 54.0 Å². The second-order valence-electron chi connectivity index (χ2n) is 7.30. The van der Waals surface area contributed by atoms with E-state index in [1.54, 1.807) is 11.3 Å². The van der Waals surface area contributed by atoms with Gasteiger partial charge in [-0.05, 0) is 44.2 Å². The van der Waals surface area contributed by atoms with Crippen LogP contribution in [-0.2, 0) is 11.2 Å². The Balaban J connectivity index is 1.33. The maximum Gasteiger partial charge on any atom is 0.237 e. The number of amides is 1. The van der Waals surface area contributed by atoms with Crippen molar-refractivity contribution < 1.29 is 4.79 Å². The summed E-state index contributed by atoms with van der Waals surface area (Å²) in [7, 11) is 0. The molecule has 1 saturated carbocycles. The smallest absolute Gasteiger partial charge is 0.237 e. The number of nitrogens with one attached hydrogen (secondary N) is 2. The Morgan fingerprint density at radius 2 is 2.21 bits per heavy atom. The fourth-order valence-electron chi connectivity index (χ4n) is 4.18. The lowest BCUT2D eigenvalue weighted by molar-refractivity contribution is -0.123. The van der Waals surface area contributed by atoms with Crippen LogP contribution in [0.15, 0.2) is 24.3 Å². The first kappa shape index (κ1) is 16.0. The van der Waals surface area contributed by atoms with Gasteiger partial charge in [0.25, 0.3) is 0 Å². The Labute approximate surface area is 147 Å². The van der Waals surface area contributed by atoms with Gasteiger partial charge < -0.3 is 10.6 Å². The van der Waals surface area contributed by atoms with Gasteiger partial charge in [0, 0.05) is 18.5 Å². The standard InChI is InChI=1S/C19H25N3OS/c1-12(10-18-22-15-8-4-5-9-17(15)24-18)20-19(23)16-11-13-6-2-3-7-14(13)21-16/h4-5,8-9,12-14,16,21H,2-3,6-7,10-11H2,1H3,(H,20,23). The molecule has 2 fully saturated rings. The first-order chi connectivity index (χ1) is 11.7. The van der Waals surface area contributed by atoms with Gasteiger partial charge in [-0.1, -0.05) is 25.0 Å². The number of carbonyl (C=O) groups is 1. The molecule has 4 atom stereocenters. The van der Waals surface area contributed by atoms with Gasteiger partial charge in [0.05, 0.1) is 21.3 Å². The summed E-state index contributed by atoms with van der Waals surface area (Å²) in [5.41, 5.74) is 1.05. The van der Waals surface area contributed by atoms with E-state index in [1.165, 1.54) is 30.4 Å². The van der Waals surface area contributed by atoms with Gasteiger partial charge in [-0.15, -0.1) is 11.3 Å². The normalized spacial score (nSPS) is 27.8. The van der Waals surface area contributed by atoms with Crippen molar-refractivity contribution >= 4 is 27.5 Å². The first-order valence-electron chi connectivity index (χ1n) is 9.10. The van der Waals surface area contributed by atoms with Crippen LogP contribution in [0.2, 0.25) is 0 Å². The highest BCUT2D eigenvalue weighted by atomic mass is 32.1. The Bertz CT molecular complexity index is 681. The zero-order valence-corrected chi connectivity index (χ0v) is 14.9. The highest BCUT2D eigenvalue weighted by Gasteiger charge is 2.38. The van der Waals surface area contributed by atoms with Crippen LogP contribution < -0.4 is 10.6 Å². The average molecular weight is 343 g/mol. The van der Waals surface area contributed by atoms with Crippen LogP contribution in [0.4, 0.5) is 0 Å². The summed E-state index contributed by atoms with van der Waals surface area (Å²) < 4.78 is 1.22. The number of hydrogen-bond acceptors (Lipinski definition) is 4. The maximum absolute atomic E-state index is 12.6. The molecule has 4 rings (SSSR count). The van der Waals surface area contributed by atoms with Gasteiger partial charge in [0.2, 0.25) is 5.91 Å². The van der Waals surface area contributed by atoms with Gasteiger partial charge in [-0.25, -0.2) is 4.98 Å². The molecule has 5 heteroatoms. The van der Waals surface area contributed by atoms with E-state index in [2.05, 4.69) is 28.6 Å². The van der Waals surface area contributed by atoms with Crippen molar-refractivity contribution in [2.45, 2.75) is 63.6 Å². The third-order valence-electron chi connectivity index (χ3n) is 5.39. The minimum absolute atomic E-state index is 0.00378. The molecule has 1 amide bonds. The lowest BCUT2D eigenvalue weighted by Gasteiger charge is -2.24. The molecule has 1 aliphatic carbocycles. The Kier molecular flexibility index (Phi) is 4.55. The van der Waals surface area contributed by atoms with Crippen molar-refractivity contribution in [3.63, 3.8) is 0 Å². The van der Waals surface area contributed by atoms with E-state index in [4.69, 9.17) is 0 Å². The molecule has 4 unspecified atom stereocenters. The largest absolute Gasteiger partial charge is 0.352 e. The monoisotopic (exact) mass is 343 g/mol. The number of benzene rings is 1. The Hall–Kier alpha value is -1.46. The van der Waals surface area contributed by atoms with E-state index in [0.717, 1.165) is 23.4 Å². The van der Waals surface area contributed by atoms with E-state index in [0.29, 0.717) is 12.0 Å². The number of para-hydroxylation sites is 1. The van der Waals surface area contributed by atoms with Crippen molar-refractivity contribution in [1.82, 2.24) is 15.6 Å². The van der Waals surface area contributed by atoms with Crippen LogP contribution in [0, 0.1) is 5.92 Å². The third kappa shape index (κ3) is 3.33. The molecule has 0 radical (unpaired) electrons. The molecule has 1 aromatic carbocycles. The maximum atomic E-state index is 12.6. The Morgan fingerprint density at radius 3 is 3.04 bits per heavy atom. The first-order valence-corrected chi connectivity index (χ1v) is 9.91. The van der Waals surface area contributed by atoms with Gasteiger partial charge in [-0.2, -0.15) is 0 Å². The molecule has 128 valence electrons. The van der Waals surface area contributed by atoms with E-state index < -0.39 is 0 Å². The van der Waals surface area contributed by atoms with Gasteiger partial charge in [0.15, 0.2) is 0 Å². The summed E-state index contributed by atoms with van der Waals surface area (Å²) in [6, 6.07) is 8.88. The number of fused-ring (bicyclic) bond motifs is 2. The predicted molar refractivity (Wildman–Crippen MR) is 98.2 cm³/mol. The van der Waals surface area contributed by atoms with Gasteiger partial charge in [0.1, 0.15) is 0 Å².